The molecular formula is C15H23N3O. The molecule has 4 nitrogen and oxygen atoms in total. The number of carbonyl (C=O) groups excluding carboxylic acids is 1. The molecule has 4 heteroatoms. The highest BCUT2D eigenvalue weighted by Gasteiger charge is 2.33. The fourth-order valence-corrected chi connectivity index (χ4v) is 3.20. The summed E-state index contributed by atoms with van der Waals surface area (Å²) in [7, 11) is 0. The summed E-state index contributed by atoms with van der Waals surface area (Å²) >= 11 is 0. The molecule has 0 bridgehead atoms. The predicted octanol–water partition coefficient (Wildman–Crippen LogP) is 2.31. The third kappa shape index (κ3) is 2.99. The van der Waals surface area contributed by atoms with E-state index in [1.165, 1.54) is 12.8 Å². The lowest BCUT2D eigenvalue weighted by Gasteiger charge is -2.26. The fraction of sp³-hybridized carbons (Fsp3) is 0.733. The van der Waals surface area contributed by atoms with Crippen LogP contribution in [-0.2, 0) is 11.3 Å². The van der Waals surface area contributed by atoms with Gasteiger partial charge in [-0.2, -0.15) is 5.10 Å². The number of carbonyl (C=O) groups is 1. The molecule has 0 unspecified atom stereocenters. The van der Waals surface area contributed by atoms with Crippen molar-refractivity contribution < 1.29 is 4.79 Å². The van der Waals surface area contributed by atoms with Crippen LogP contribution in [0.1, 0.15) is 39.0 Å². The van der Waals surface area contributed by atoms with Crippen molar-refractivity contribution in [2.45, 2.75) is 51.6 Å². The van der Waals surface area contributed by atoms with Crippen LogP contribution in [0.15, 0.2) is 18.5 Å². The number of aromatic nitrogens is 2. The SMILES string of the molecule is C[C@@H](CC(=O)N1CCC[C@@H]1Cn1cccn1)C1CC1. The van der Waals surface area contributed by atoms with Crippen molar-refractivity contribution in [3.63, 3.8) is 0 Å². The van der Waals surface area contributed by atoms with Crippen LogP contribution in [0.3, 0.4) is 0 Å². The van der Waals surface area contributed by atoms with E-state index < -0.39 is 0 Å². The van der Waals surface area contributed by atoms with Crippen LogP contribution in [0.5, 0.6) is 0 Å². The Labute approximate surface area is 114 Å². The summed E-state index contributed by atoms with van der Waals surface area (Å²) < 4.78 is 1.95. The van der Waals surface area contributed by atoms with E-state index in [2.05, 4.69) is 16.9 Å². The lowest BCUT2D eigenvalue weighted by atomic mass is 10.0. The first-order valence-corrected chi connectivity index (χ1v) is 7.51. The topological polar surface area (TPSA) is 38.1 Å². The van der Waals surface area contributed by atoms with Crippen LogP contribution < -0.4 is 0 Å². The van der Waals surface area contributed by atoms with Gasteiger partial charge in [-0.3, -0.25) is 9.48 Å². The molecule has 0 aromatic carbocycles. The monoisotopic (exact) mass is 261 g/mol. The molecule has 1 amide bonds. The van der Waals surface area contributed by atoms with Gasteiger partial charge >= 0.3 is 0 Å². The highest BCUT2D eigenvalue weighted by atomic mass is 16.2. The van der Waals surface area contributed by atoms with Gasteiger partial charge in [-0.25, -0.2) is 0 Å². The van der Waals surface area contributed by atoms with Gasteiger partial charge in [0.25, 0.3) is 0 Å². The molecule has 1 aliphatic heterocycles. The zero-order valence-electron chi connectivity index (χ0n) is 11.7. The Morgan fingerprint density at radius 2 is 2.26 bits per heavy atom. The van der Waals surface area contributed by atoms with E-state index in [1.54, 1.807) is 6.20 Å². The van der Waals surface area contributed by atoms with Crippen molar-refractivity contribution in [3.8, 4) is 0 Å². The lowest BCUT2D eigenvalue weighted by molar-refractivity contribution is -0.133. The largest absolute Gasteiger partial charge is 0.338 e. The summed E-state index contributed by atoms with van der Waals surface area (Å²) in [5, 5.41) is 4.25. The van der Waals surface area contributed by atoms with Gasteiger partial charge in [0.2, 0.25) is 5.91 Å². The number of hydrogen-bond donors (Lipinski definition) is 0. The molecule has 1 aliphatic carbocycles. The standard InChI is InChI=1S/C15H23N3O/c1-12(13-5-6-13)10-15(19)18-9-2-4-14(18)11-17-8-3-7-16-17/h3,7-8,12-14H,2,4-6,9-11H2,1H3/t12-,14+/m0/s1. The van der Waals surface area contributed by atoms with Crippen LogP contribution in [0.25, 0.3) is 0 Å². The third-order valence-corrected chi connectivity index (χ3v) is 4.58. The van der Waals surface area contributed by atoms with E-state index in [1.807, 2.05) is 16.9 Å². The molecule has 1 aromatic heterocycles. The summed E-state index contributed by atoms with van der Waals surface area (Å²) in [5.74, 6) is 1.74. The smallest absolute Gasteiger partial charge is 0.223 e. The minimum Gasteiger partial charge on any atom is -0.338 e. The van der Waals surface area contributed by atoms with Crippen molar-refractivity contribution in [2.75, 3.05) is 6.54 Å². The second-order valence-electron chi connectivity index (χ2n) is 6.13. The highest BCUT2D eigenvalue weighted by molar-refractivity contribution is 5.77. The van der Waals surface area contributed by atoms with E-state index in [-0.39, 0.29) is 0 Å². The average molecular weight is 261 g/mol. The number of amides is 1. The van der Waals surface area contributed by atoms with Gasteiger partial charge in [0, 0.05) is 25.4 Å². The second kappa shape index (κ2) is 5.35. The highest BCUT2D eigenvalue weighted by Crippen LogP contribution is 2.38. The Balaban J connectivity index is 1.57. The minimum atomic E-state index is 0.346. The number of nitrogens with zero attached hydrogens (tertiary/aromatic N) is 3. The molecule has 1 saturated heterocycles. The average Bonchev–Trinajstić information content (AvgIpc) is 2.93. The number of rotatable bonds is 5. The van der Waals surface area contributed by atoms with Gasteiger partial charge in [0.1, 0.15) is 0 Å². The first kappa shape index (κ1) is 12.7. The Bertz CT molecular complexity index is 425. The first-order chi connectivity index (χ1) is 9.24. The molecule has 2 aliphatic rings. The van der Waals surface area contributed by atoms with Crippen molar-refractivity contribution >= 4 is 5.91 Å². The molecule has 0 spiro atoms. The Morgan fingerprint density at radius 1 is 1.42 bits per heavy atom. The molecule has 3 rings (SSSR count). The van der Waals surface area contributed by atoms with Crippen LogP contribution in [0.2, 0.25) is 0 Å². The molecular weight excluding hydrogens is 238 g/mol. The quantitative estimate of drug-likeness (QED) is 0.815. The van der Waals surface area contributed by atoms with Gasteiger partial charge in [-0.05, 0) is 43.6 Å². The molecule has 2 heterocycles. The number of likely N-dealkylation sites (tertiary alicyclic amines) is 1. The molecule has 2 atom stereocenters. The van der Waals surface area contributed by atoms with Crippen molar-refractivity contribution in [1.29, 1.82) is 0 Å². The Morgan fingerprint density at radius 3 is 2.95 bits per heavy atom. The molecule has 104 valence electrons. The third-order valence-electron chi connectivity index (χ3n) is 4.58. The molecule has 1 saturated carbocycles. The second-order valence-corrected chi connectivity index (χ2v) is 6.13. The maximum absolute atomic E-state index is 12.4. The van der Waals surface area contributed by atoms with Gasteiger partial charge < -0.3 is 4.90 Å². The number of hydrogen-bond acceptors (Lipinski definition) is 2. The first-order valence-electron chi connectivity index (χ1n) is 7.51. The van der Waals surface area contributed by atoms with Gasteiger partial charge in [-0.15, -0.1) is 0 Å². The maximum Gasteiger partial charge on any atom is 0.223 e. The zero-order chi connectivity index (χ0) is 13.2. The molecule has 19 heavy (non-hydrogen) atoms. The summed E-state index contributed by atoms with van der Waals surface area (Å²) in [6.45, 7) is 4.01. The summed E-state index contributed by atoms with van der Waals surface area (Å²) in [5.41, 5.74) is 0. The van der Waals surface area contributed by atoms with Crippen molar-refractivity contribution in [1.82, 2.24) is 14.7 Å². The van der Waals surface area contributed by atoms with E-state index in [4.69, 9.17) is 0 Å². The normalized spacial score (nSPS) is 24.7. The van der Waals surface area contributed by atoms with E-state index in [0.717, 1.165) is 38.3 Å². The molecule has 0 N–H and O–H groups in total. The van der Waals surface area contributed by atoms with E-state index in [9.17, 15) is 4.79 Å². The van der Waals surface area contributed by atoms with Crippen molar-refractivity contribution in [2.24, 2.45) is 11.8 Å². The van der Waals surface area contributed by atoms with Gasteiger partial charge in [-0.1, -0.05) is 6.92 Å². The Kier molecular flexibility index (Phi) is 3.58. The van der Waals surface area contributed by atoms with Crippen LogP contribution in [0, 0.1) is 11.8 Å². The van der Waals surface area contributed by atoms with Crippen molar-refractivity contribution in [3.05, 3.63) is 18.5 Å². The maximum atomic E-state index is 12.4. The van der Waals surface area contributed by atoms with Crippen LogP contribution in [-0.4, -0.2) is 33.2 Å². The van der Waals surface area contributed by atoms with E-state index >= 15 is 0 Å². The molecule has 0 radical (unpaired) electrons. The lowest BCUT2D eigenvalue weighted by Crippen LogP contribution is -2.38. The molecule has 1 aromatic rings. The summed E-state index contributed by atoms with van der Waals surface area (Å²) in [6, 6.07) is 2.29. The van der Waals surface area contributed by atoms with Gasteiger partial charge in [0.05, 0.1) is 12.6 Å². The summed E-state index contributed by atoms with van der Waals surface area (Å²) in [6.07, 6.45) is 9.42. The Hall–Kier alpha value is -1.32. The predicted molar refractivity (Wildman–Crippen MR) is 73.5 cm³/mol. The fourth-order valence-electron chi connectivity index (χ4n) is 3.20. The van der Waals surface area contributed by atoms with Gasteiger partial charge in [0.15, 0.2) is 0 Å². The summed E-state index contributed by atoms with van der Waals surface area (Å²) in [4.78, 5) is 14.5. The zero-order valence-corrected chi connectivity index (χ0v) is 11.7. The molecule has 2 fully saturated rings. The van der Waals surface area contributed by atoms with Crippen LogP contribution in [0.4, 0.5) is 0 Å². The van der Waals surface area contributed by atoms with E-state index in [0.29, 0.717) is 17.9 Å². The minimum absolute atomic E-state index is 0.346. The van der Waals surface area contributed by atoms with Crippen LogP contribution >= 0.6 is 0 Å².